The summed E-state index contributed by atoms with van der Waals surface area (Å²) in [5, 5.41) is 5.75. The summed E-state index contributed by atoms with van der Waals surface area (Å²) in [6, 6.07) is 7.32. The first-order valence-electron chi connectivity index (χ1n) is 4.83. The van der Waals surface area contributed by atoms with Gasteiger partial charge in [0.25, 0.3) is 5.91 Å². The minimum absolute atomic E-state index is 0.0709. The summed E-state index contributed by atoms with van der Waals surface area (Å²) in [4.78, 5) is 11.2. The Labute approximate surface area is 89.6 Å². The summed E-state index contributed by atoms with van der Waals surface area (Å²) in [6.45, 7) is 1.42. The molecule has 0 radical (unpaired) electrons. The molecule has 4 heteroatoms. The van der Waals surface area contributed by atoms with Gasteiger partial charge in [0.1, 0.15) is 0 Å². The number of anilines is 1. The maximum Gasteiger partial charge on any atom is 0.251 e. The van der Waals surface area contributed by atoms with Crippen molar-refractivity contribution in [2.45, 2.75) is 0 Å². The fourth-order valence-corrected chi connectivity index (χ4v) is 1.18. The van der Waals surface area contributed by atoms with Crippen LogP contribution in [-0.2, 0) is 4.74 Å². The van der Waals surface area contributed by atoms with Crippen molar-refractivity contribution in [3.63, 3.8) is 0 Å². The van der Waals surface area contributed by atoms with Crippen LogP contribution in [0.25, 0.3) is 0 Å². The minimum atomic E-state index is -0.0709. The third-order valence-corrected chi connectivity index (χ3v) is 2.01. The van der Waals surface area contributed by atoms with Crippen LogP contribution >= 0.6 is 0 Å². The fourth-order valence-electron chi connectivity index (χ4n) is 1.18. The first-order chi connectivity index (χ1) is 7.27. The summed E-state index contributed by atoms with van der Waals surface area (Å²) in [6.07, 6.45) is 0. The summed E-state index contributed by atoms with van der Waals surface area (Å²) in [5.74, 6) is -0.0709. The number of nitrogens with one attached hydrogen (secondary N) is 2. The third kappa shape index (κ3) is 3.59. The van der Waals surface area contributed by atoms with Crippen LogP contribution in [0.2, 0.25) is 0 Å². The molecule has 0 saturated heterocycles. The van der Waals surface area contributed by atoms with Gasteiger partial charge in [-0.25, -0.2) is 0 Å². The predicted molar refractivity (Wildman–Crippen MR) is 60.2 cm³/mol. The lowest BCUT2D eigenvalue weighted by molar-refractivity contribution is 0.0963. The molecule has 1 amide bonds. The molecule has 1 rings (SSSR count). The highest BCUT2D eigenvalue weighted by Crippen LogP contribution is 2.08. The summed E-state index contributed by atoms with van der Waals surface area (Å²) < 4.78 is 4.92. The average molecular weight is 208 g/mol. The zero-order valence-electron chi connectivity index (χ0n) is 9.04. The number of methoxy groups -OCH3 is 1. The largest absolute Gasteiger partial charge is 0.383 e. The molecule has 1 aromatic carbocycles. The number of hydrogen-bond donors (Lipinski definition) is 2. The molecule has 0 aliphatic carbocycles. The summed E-state index contributed by atoms with van der Waals surface area (Å²) in [7, 11) is 3.28. The molecule has 0 aliphatic rings. The van der Waals surface area contributed by atoms with E-state index < -0.39 is 0 Å². The zero-order chi connectivity index (χ0) is 11.1. The first kappa shape index (κ1) is 11.5. The summed E-state index contributed by atoms with van der Waals surface area (Å²) in [5.41, 5.74) is 1.65. The van der Waals surface area contributed by atoms with Gasteiger partial charge in [0.05, 0.1) is 6.61 Å². The molecule has 15 heavy (non-hydrogen) atoms. The molecule has 0 spiro atoms. The molecular weight excluding hydrogens is 192 g/mol. The lowest BCUT2D eigenvalue weighted by Crippen LogP contribution is -2.17. The van der Waals surface area contributed by atoms with Crippen LogP contribution in [0.5, 0.6) is 0 Å². The molecule has 0 fully saturated rings. The van der Waals surface area contributed by atoms with E-state index in [9.17, 15) is 4.79 Å². The predicted octanol–water partition coefficient (Wildman–Crippen LogP) is 1.10. The lowest BCUT2D eigenvalue weighted by Gasteiger charge is -2.06. The van der Waals surface area contributed by atoms with Gasteiger partial charge < -0.3 is 15.4 Å². The number of amides is 1. The van der Waals surface area contributed by atoms with Crippen molar-refractivity contribution in [2.24, 2.45) is 0 Å². The van der Waals surface area contributed by atoms with Crippen molar-refractivity contribution in [1.29, 1.82) is 0 Å². The Bertz CT molecular complexity index is 309. The van der Waals surface area contributed by atoms with Crippen LogP contribution in [0.15, 0.2) is 24.3 Å². The molecular formula is C11H16N2O2. The van der Waals surface area contributed by atoms with Crippen LogP contribution in [0.4, 0.5) is 5.69 Å². The van der Waals surface area contributed by atoms with E-state index in [1.54, 1.807) is 26.3 Å². The van der Waals surface area contributed by atoms with E-state index in [1.165, 1.54) is 0 Å². The topological polar surface area (TPSA) is 50.4 Å². The van der Waals surface area contributed by atoms with Gasteiger partial charge in [-0.15, -0.1) is 0 Å². The van der Waals surface area contributed by atoms with Crippen LogP contribution in [-0.4, -0.2) is 33.2 Å². The van der Waals surface area contributed by atoms with E-state index >= 15 is 0 Å². The highest BCUT2D eigenvalue weighted by atomic mass is 16.5. The van der Waals surface area contributed by atoms with Gasteiger partial charge in [0.2, 0.25) is 0 Å². The number of rotatable bonds is 5. The third-order valence-electron chi connectivity index (χ3n) is 2.01. The van der Waals surface area contributed by atoms with Crippen molar-refractivity contribution in [3.8, 4) is 0 Å². The molecule has 2 N–H and O–H groups in total. The van der Waals surface area contributed by atoms with E-state index in [0.29, 0.717) is 12.2 Å². The molecule has 0 atom stereocenters. The highest BCUT2D eigenvalue weighted by Gasteiger charge is 2.01. The SMILES string of the molecule is CNC(=O)c1ccc(NCCOC)cc1. The van der Waals surface area contributed by atoms with Crippen LogP contribution in [0, 0.1) is 0 Å². The van der Waals surface area contributed by atoms with E-state index in [-0.39, 0.29) is 5.91 Å². The van der Waals surface area contributed by atoms with Crippen molar-refractivity contribution >= 4 is 11.6 Å². The van der Waals surface area contributed by atoms with E-state index in [0.717, 1.165) is 12.2 Å². The van der Waals surface area contributed by atoms with Gasteiger partial charge in [-0.2, -0.15) is 0 Å². The number of ether oxygens (including phenoxy) is 1. The van der Waals surface area contributed by atoms with E-state index in [2.05, 4.69) is 10.6 Å². The Kier molecular flexibility index (Phi) is 4.63. The molecule has 4 nitrogen and oxygen atoms in total. The van der Waals surface area contributed by atoms with Gasteiger partial charge in [0.15, 0.2) is 0 Å². The smallest absolute Gasteiger partial charge is 0.251 e. The molecule has 0 saturated carbocycles. The number of benzene rings is 1. The van der Waals surface area contributed by atoms with Gasteiger partial charge in [0, 0.05) is 32.0 Å². The maximum atomic E-state index is 11.2. The number of carbonyl (C=O) groups is 1. The van der Waals surface area contributed by atoms with Gasteiger partial charge in [-0.1, -0.05) is 0 Å². The second kappa shape index (κ2) is 6.03. The molecule has 82 valence electrons. The highest BCUT2D eigenvalue weighted by molar-refractivity contribution is 5.94. The van der Waals surface area contributed by atoms with Crippen molar-refractivity contribution in [2.75, 3.05) is 32.6 Å². The molecule has 0 heterocycles. The zero-order valence-corrected chi connectivity index (χ0v) is 9.04. The Balaban J connectivity index is 2.52. The first-order valence-corrected chi connectivity index (χ1v) is 4.83. The number of hydrogen-bond acceptors (Lipinski definition) is 3. The quantitative estimate of drug-likeness (QED) is 0.712. The van der Waals surface area contributed by atoms with E-state index in [1.807, 2.05) is 12.1 Å². The van der Waals surface area contributed by atoms with Gasteiger partial charge in [-0.3, -0.25) is 4.79 Å². The molecule has 0 bridgehead atoms. The maximum absolute atomic E-state index is 11.2. The summed E-state index contributed by atoms with van der Waals surface area (Å²) >= 11 is 0. The molecule has 0 aromatic heterocycles. The average Bonchev–Trinajstić information content (AvgIpc) is 2.29. The molecule has 0 unspecified atom stereocenters. The normalized spacial score (nSPS) is 9.73. The van der Waals surface area contributed by atoms with Gasteiger partial charge >= 0.3 is 0 Å². The Morgan fingerprint density at radius 2 is 2.00 bits per heavy atom. The van der Waals surface area contributed by atoms with Gasteiger partial charge in [-0.05, 0) is 24.3 Å². The Hall–Kier alpha value is -1.55. The monoisotopic (exact) mass is 208 g/mol. The second-order valence-corrected chi connectivity index (χ2v) is 3.08. The Morgan fingerprint density at radius 3 is 2.53 bits per heavy atom. The van der Waals surface area contributed by atoms with Crippen LogP contribution in [0.1, 0.15) is 10.4 Å². The minimum Gasteiger partial charge on any atom is -0.383 e. The molecule has 0 aliphatic heterocycles. The molecule has 1 aromatic rings. The standard InChI is InChI=1S/C11H16N2O2/c1-12-11(14)9-3-5-10(6-4-9)13-7-8-15-2/h3-6,13H,7-8H2,1-2H3,(H,12,14). The number of carbonyl (C=O) groups excluding carboxylic acids is 1. The van der Waals surface area contributed by atoms with Crippen LogP contribution in [0.3, 0.4) is 0 Å². The second-order valence-electron chi connectivity index (χ2n) is 3.08. The van der Waals surface area contributed by atoms with Crippen molar-refractivity contribution in [1.82, 2.24) is 5.32 Å². The van der Waals surface area contributed by atoms with Crippen molar-refractivity contribution in [3.05, 3.63) is 29.8 Å². The lowest BCUT2D eigenvalue weighted by atomic mass is 10.2. The van der Waals surface area contributed by atoms with Crippen molar-refractivity contribution < 1.29 is 9.53 Å². The Morgan fingerprint density at radius 1 is 1.33 bits per heavy atom. The van der Waals surface area contributed by atoms with Crippen LogP contribution < -0.4 is 10.6 Å². The fraction of sp³-hybridized carbons (Fsp3) is 0.364. The van der Waals surface area contributed by atoms with E-state index in [4.69, 9.17) is 4.74 Å².